The van der Waals surface area contributed by atoms with Crippen molar-refractivity contribution in [1.82, 2.24) is 9.97 Å². The summed E-state index contributed by atoms with van der Waals surface area (Å²) >= 11 is 14.7. The molecule has 34 heavy (non-hydrogen) atoms. The number of hydrazone groups is 1. The normalized spacial score (nSPS) is 15.6. The highest BCUT2D eigenvalue weighted by molar-refractivity contribution is 7.12. The van der Waals surface area contributed by atoms with Crippen molar-refractivity contribution in [2.75, 3.05) is 5.01 Å². The highest BCUT2D eigenvalue weighted by Crippen LogP contribution is 2.40. The third kappa shape index (κ3) is 3.86. The molecule has 6 rings (SSSR count). The van der Waals surface area contributed by atoms with Crippen LogP contribution in [0.1, 0.15) is 22.9 Å². The number of aromatic nitrogens is 2. The van der Waals surface area contributed by atoms with E-state index in [0.29, 0.717) is 22.4 Å². The van der Waals surface area contributed by atoms with E-state index in [-0.39, 0.29) is 6.04 Å². The second-order valence-electron chi connectivity index (χ2n) is 8.01. The minimum atomic E-state index is -0.112. The second kappa shape index (κ2) is 8.84. The Balaban J connectivity index is 1.56. The first kappa shape index (κ1) is 21.3. The number of anilines is 1. The van der Waals surface area contributed by atoms with Crippen molar-refractivity contribution in [1.29, 1.82) is 0 Å². The quantitative estimate of drug-likeness (QED) is 0.250. The number of rotatable bonds is 4. The maximum Gasteiger partial charge on any atom is 0.247 e. The SMILES string of the molecule is Clc1ccc2nc(N3N=C(c4cccs4)C[C@@H]3c3ccccc3Cl)nc(-c3ccccc3)c2c1. The molecule has 1 atom stereocenters. The zero-order valence-corrected chi connectivity index (χ0v) is 20.2. The topological polar surface area (TPSA) is 41.4 Å². The molecule has 2 aromatic heterocycles. The van der Waals surface area contributed by atoms with Gasteiger partial charge in [0.15, 0.2) is 0 Å². The Bertz CT molecular complexity index is 1520. The molecular weight excluding hydrogens is 483 g/mol. The number of fused-ring (bicyclic) bond motifs is 1. The van der Waals surface area contributed by atoms with Crippen molar-refractivity contribution in [3.05, 3.63) is 111 Å². The Morgan fingerprint density at radius 2 is 1.68 bits per heavy atom. The molecule has 0 bridgehead atoms. The monoisotopic (exact) mass is 500 g/mol. The molecule has 3 aromatic carbocycles. The summed E-state index contributed by atoms with van der Waals surface area (Å²) < 4.78 is 0. The molecule has 4 nitrogen and oxygen atoms in total. The molecule has 0 saturated heterocycles. The van der Waals surface area contributed by atoms with Crippen LogP contribution in [0.2, 0.25) is 10.0 Å². The van der Waals surface area contributed by atoms with Gasteiger partial charge in [0.2, 0.25) is 5.95 Å². The fourth-order valence-electron chi connectivity index (χ4n) is 4.28. The van der Waals surface area contributed by atoms with E-state index in [1.165, 1.54) is 0 Å². The predicted molar refractivity (Wildman–Crippen MR) is 142 cm³/mol. The molecule has 0 unspecified atom stereocenters. The van der Waals surface area contributed by atoms with Crippen molar-refractivity contribution in [3.8, 4) is 11.3 Å². The summed E-state index contributed by atoms with van der Waals surface area (Å²) in [4.78, 5) is 11.1. The summed E-state index contributed by atoms with van der Waals surface area (Å²) in [6.07, 6.45) is 0.715. The summed E-state index contributed by atoms with van der Waals surface area (Å²) in [6, 6.07) is 27.7. The number of thiophene rings is 1. The number of benzene rings is 3. The van der Waals surface area contributed by atoms with E-state index in [0.717, 1.165) is 38.3 Å². The zero-order valence-electron chi connectivity index (χ0n) is 17.9. The van der Waals surface area contributed by atoms with E-state index in [1.54, 1.807) is 11.3 Å². The van der Waals surface area contributed by atoms with Gasteiger partial charge in [-0.3, -0.25) is 0 Å². The van der Waals surface area contributed by atoms with Crippen LogP contribution in [0.25, 0.3) is 22.2 Å². The maximum absolute atomic E-state index is 6.64. The van der Waals surface area contributed by atoms with Crippen LogP contribution in [-0.4, -0.2) is 15.7 Å². The second-order valence-corrected chi connectivity index (χ2v) is 9.80. The van der Waals surface area contributed by atoms with Gasteiger partial charge in [-0.1, -0.05) is 77.8 Å². The van der Waals surface area contributed by atoms with Crippen molar-refractivity contribution < 1.29 is 0 Å². The molecule has 0 spiro atoms. The summed E-state index contributed by atoms with van der Waals surface area (Å²) in [5, 5.41) is 11.2. The number of halogens is 2. The molecule has 1 aliphatic rings. The van der Waals surface area contributed by atoms with E-state index in [2.05, 4.69) is 11.4 Å². The molecule has 0 N–H and O–H groups in total. The zero-order chi connectivity index (χ0) is 23.1. The van der Waals surface area contributed by atoms with Gasteiger partial charge in [-0.25, -0.2) is 15.0 Å². The lowest BCUT2D eigenvalue weighted by Crippen LogP contribution is -2.21. The first-order valence-corrected chi connectivity index (χ1v) is 12.5. The molecule has 3 heterocycles. The Morgan fingerprint density at radius 1 is 0.853 bits per heavy atom. The Labute approximate surface area is 211 Å². The van der Waals surface area contributed by atoms with Gasteiger partial charge < -0.3 is 0 Å². The Hall–Kier alpha value is -3.25. The van der Waals surface area contributed by atoms with E-state index >= 15 is 0 Å². The fourth-order valence-corrected chi connectivity index (χ4v) is 5.44. The first-order chi connectivity index (χ1) is 16.7. The van der Waals surface area contributed by atoms with Gasteiger partial charge in [0.05, 0.1) is 27.8 Å². The molecular formula is C27H18Cl2N4S. The average Bonchev–Trinajstić information content (AvgIpc) is 3.55. The molecule has 5 aromatic rings. The molecule has 7 heteroatoms. The maximum atomic E-state index is 6.64. The van der Waals surface area contributed by atoms with E-state index < -0.39 is 0 Å². The van der Waals surface area contributed by atoms with Crippen molar-refractivity contribution in [3.63, 3.8) is 0 Å². The minimum absolute atomic E-state index is 0.112. The number of nitrogens with zero attached hydrogens (tertiary/aromatic N) is 4. The Morgan fingerprint density at radius 3 is 2.47 bits per heavy atom. The summed E-state index contributed by atoms with van der Waals surface area (Å²) in [7, 11) is 0. The molecule has 166 valence electrons. The molecule has 0 saturated carbocycles. The van der Waals surface area contributed by atoms with Crippen LogP contribution >= 0.6 is 34.5 Å². The lowest BCUT2D eigenvalue weighted by atomic mass is 10.0. The fraction of sp³-hybridized carbons (Fsp3) is 0.0741. The minimum Gasteiger partial charge on any atom is -0.223 e. The molecule has 1 aliphatic heterocycles. The van der Waals surface area contributed by atoms with Gasteiger partial charge in [-0.05, 0) is 41.3 Å². The van der Waals surface area contributed by atoms with Gasteiger partial charge in [-0.15, -0.1) is 11.3 Å². The van der Waals surface area contributed by atoms with Crippen LogP contribution in [0.15, 0.2) is 95.4 Å². The van der Waals surface area contributed by atoms with Gasteiger partial charge in [0.1, 0.15) is 0 Å². The molecule has 0 aliphatic carbocycles. The predicted octanol–water partition coefficient (Wildman–Crippen LogP) is 8.02. The Kier molecular flexibility index (Phi) is 5.53. The van der Waals surface area contributed by atoms with Crippen LogP contribution in [0.3, 0.4) is 0 Å². The highest BCUT2D eigenvalue weighted by atomic mass is 35.5. The van der Waals surface area contributed by atoms with E-state index in [9.17, 15) is 0 Å². The number of hydrogen-bond acceptors (Lipinski definition) is 5. The largest absolute Gasteiger partial charge is 0.247 e. The third-order valence-corrected chi connectivity index (χ3v) is 7.38. The van der Waals surface area contributed by atoms with Crippen molar-refractivity contribution >= 4 is 57.1 Å². The molecule has 0 radical (unpaired) electrons. The third-order valence-electron chi connectivity index (χ3n) is 5.88. The van der Waals surface area contributed by atoms with Crippen LogP contribution in [0, 0.1) is 0 Å². The number of hydrogen-bond donors (Lipinski definition) is 0. The first-order valence-electron chi connectivity index (χ1n) is 10.8. The van der Waals surface area contributed by atoms with Gasteiger partial charge in [0.25, 0.3) is 0 Å². The highest BCUT2D eigenvalue weighted by Gasteiger charge is 2.33. The van der Waals surface area contributed by atoms with Crippen LogP contribution in [0.5, 0.6) is 0 Å². The smallest absolute Gasteiger partial charge is 0.223 e. The summed E-state index contributed by atoms with van der Waals surface area (Å²) in [6.45, 7) is 0. The molecule has 0 amide bonds. The van der Waals surface area contributed by atoms with Gasteiger partial charge in [0, 0.05) is 27.4 Å². The van der Waals surface area contributed by atoms with Crippen molar-refractivity contribution in [2.24, 2.45) is 5.10 Å². The molecule has 0 fully saturated rings. The lowest BCUT2D eigenvalue weighted by molar-refractivity contribution is 0.689. The van der Waals surface area contributed by atoms with E-state index in [4.69, 9.17) is 38.3 Å². The van der Waals surface area contributed by atoms with E-state index in [1.807, 2.05) is 83.9 Å². The summed E-state index contributed by atoms with van der Waals surface area (Å²) in [5.74, 6) is 0.533. The summed E-state index contributed by atoms with van der Waals surface area (Å²) in [5.41, 5.74) is 4.63. The van der Waals surface area contributed by atoms with Crippen LogP contribution in [0.4, 0.5) is 5.95 Å². The van der Waals surface area contributed by atoms with Gasteiger partial charge in [-0.2, -0.15) is 5.10 Å². The lowest BCUT2D eigenvalue weighted by Gasteiger charge is -2.23. The van der Waals surface area contributed by atoms with Crippen molar-refractivity contribution in [2.45, 2.75) is 12.5 Å². The average molecular weight is 501 g/mol. The van der Waals surface area contributed by atoms with Crippen LogP contribution < -0.4 is 5.01 Å². The van der Waals surface area contributed by atoms with Gasteiger partial charge >= 0.3 is 0 Å². The standard InChI is InChI=1S/C27H18Cl2N4S/c28-18-12-13-22-20(15-18)26(17-7-2-1-3-8-17)31-27(30-22)33-24(19-9-4-5-10-21(19)29)16-23(32-33)25-11-6-14-34-25/h1-15,24H,16H2/t24-/m1/s1. The van der Waals surface area contributed by atoms with Crippen LogP contribution in [-0.2, 0) is 0 Å².